The van der Waals surface area contributed by atoms with Gasteiger partial charge in [0.1, 0.15) is 0 Å². The molecule has 170 valence electrons. The molecule has 9 heteroatoms. The van der Waals surface area contributed by atoms with Crippen LogP contribution in [0, 0.1) is 0 Å². The number of allylic oxidation sites excluding steroid dienone is 1. The summed E-state index contributed by atoms with van der Waals surface area (Å²) in [7, 11) is 5.46. The summed E-state index contributed by atoms with van der Waals surface area (Å²) < 4.78 is 5.09. The van der Waals surface area contributed by atoms with Crippen LogP contribution >= 0.6 is 23.4 Å². The van der Waals surface area contributed by atoms with Crippen molar-refractivity contribution in [3.63, 3.8) is 0 Å². The predicted molar refractivity (Wildman–Crippen MR) is 127 cm³/mol. The van der Waals surface area contributed by atoms with E-state index in [2.05, 4.69) is 9.89 Å². The fraction of sp³-hybridized carbons (Fsp3) is 0.435. The molecule has 3 heterocycles. The van der Waals surface area contributed by atoms with Gasteiger partial charge in [-0.1, -0.05) is 35.5 Å². The Labute approximate surface area is 197 Å². The number of benzene rings is 1. The van der Waals surface area contributed by atoms with Gasteiger partial charge in [0.05, 0.1) is 30.8 Å². The molecule has 2 atom stereocenters. The molecule has 32 heavy (non-hydrogen) atoms. The Morgan fingerprint density at radius 2 is 2.12 bits per heavy atom. The molecule has 4 rings (SSSR count). The minimum atomic E-state index is -0.462. The van der Waals surface area contributed by atoms with Crippen molar-refractivity contribution in [2.24, 2.45) is 4.99 Å². The van der Waals surface area contributed by atoms with Gasteiger partial charge in [-0.15, -0.1) is 0 Å². The summed E-state index contributed by atoms with van der Waals surface area (Å²) in [5.74, 6) is -0.357. The van der Waals surface area contributed by atoms with Crippen LogP contribution in [0.2, 0.25) is 5.02 Å². The van der Waals surface area contributed by atoms with Gasteiger partial charge in [0.25, 0.3) is 0 Å². The van der Waals surface area contributed by atoms with Crippen LogP contribution < -0.4 is 0 Å². The van der Waals surface area contributed by atoms with Gasteiger partial charge in [0.2, 0.25) is 5.91 Å². The van der Waals surface area contributed by atoms with Crippen LogP contribution in [0.4, 0.5) is 0 Å². The molecule has 1 saturated heterocycles. The highest BCUT2D eigenvalue weighted by Crippen LogP contribution is 2.45. The van der Waals surface area contributed by atoms with Gasteiger partial charge in [0, 0.05) is 29.9 Å². The van der Waals surface area contributed by atoms with Gasteiger partial charge in [0.15, 0.2) is 5.17 Å². The van der Waals surface area contributed by atoms with Crippen molar-refractivity contribution in [3.8, 4) is 0 Å². The quantitative estimate of drug-likeness (QED) is 0.607. The van der Waals surface area contributed by atoms with Crippen LogP contribution in [0.5, 0.6) is 0 Å². The zero-order valence-corrected chi connectivity index (χ0v) is 20.2. The fourth-order valence-corrected chi connectivity index (χ4v) is 5.55. The monoisotopic (exact) mass is 474 g/mol. The lowest BCUT2D eigenvalue weighted by atomic mass is 9.94. The minimum absolute atomic E-state index is 0.0817. The second-order valence-corrected chi connectivity index (χ2v) is 9.64. The number of carbonyl (C=O) groups excluding carboxylic acids is 2. The van der Waals surface area contributed by atoms with Crippen molar-refractivity contribution >= 4 is 40.4 Å². The van der Waals surface area contributed by atoms with E-state index in [4.69, 9.17) is 16.3 Å². The Morgan fingerprint density at radius 3 is 2.78 bits per heavy atom. The average Bonchev–Trinajstić information content (AvgIpc) is 3.40. The third-order valence-electron chi connectivity index (χ3n) is 6.15. The summed E-state index contributed by atoms with van der Waals surface area (Å²) in [5.41, 5.74) is 2.73. The number of amides is 1. The first-order valence-corrected chi connectivity index (χ1v) is 11.8. The number of esters is 1. The number of likely N-dealkylation sites (tertiary alicyclic amines) is 1. The van der Waals surface area contributed by atoms with Gasteiger partial charge >= 0.3 is 5.97 Å². The molecular formula is C23H27ClN4O3S. The molecule has 0 radical (unpaired) electrons. The van der Waals surface area contributed by atoms with Gasteiger partial charge in [-0.05, 0) is 50.5 Å². The van der Waals surface area contributed by atoms with E-state index in [-0.39, 0.29) is 12.3 Å². The van der Waals surface area contributed by atoms with E-state index in [0.29, 0.717) is 22.3 Å². The minimum Gasteiger partial charge on any atom is -0.466 e. The maximum Gasteiger partial charge on any atom is 0.338 e. The molecule has 0 bridgehead atoms. The topological polar surface area (TPSA) is 65.5 Å². The normalized spacial score (nSPS) is 22.8. The lowest BCUT2D eigenvalue weighted by Gasteiger charge is -2.36. The molecule has 1 amide bonds. The number of ether oxygens (including phenoxy) is 1. The Morgan fingerprint density at radius 1 is 1.34 bits per heavy atom. The number of amidine groups is 1. The van der Waals surface area contributed by atoms with Crippen LogP contribution in [0.1, 0.15) is 31.4 Å². The second-order valence-electron chi connectivity index (χ2n) is 8.36. The predicted octanol–water partition coefficient (Wildman–Crippen LogP) is 3.64. The number of rotatable bonds is 5. The molecule has 0 aliphatic carbocycles. The molecule has 3 aliphatic heterocycles. The first-order valence-electron chi connectivity index (χ1n) is 10.5. The van der Waals surface area contributed by atoms with Crippen LogP contribution in [0.25, 0.3) is 0 Å². The number of halogens is 1. The molecule has 0 aromatic heterocycles. The van der Waals surface area contributed by atoms with E-state index >= 15 is 0 Å². The Hall–Kier alpha value is -2.29. The molecule has 3 aliphatic rings. The molecule has 0 unspecified atom stereocenters. The summed E-state index contributed by atoms with van der Waals surface area (Å²) in [6, 6.07) is 7.35. The van der Waals surface area contributed by atoms with Crippen molar-refractivity contribution in [2.75, 3.05) is 34.3 Å². The summed E-state index contributed by atoms with van der Waals surface area (Å²) >= 11 is 7.75. The maximum atomic E-state index is 13.1. The lowest BCUT2D eigenvalue weighted by molar-refractivity contribution is -0.136. The number of likely N-dealkylation sites (N-methyl/N-ethyl adjacent to an activating group) is 1. The van der Waals surface area contributed by atoms with Gasteiger partial charge in [-0.2, -0.15) is 0 Å². The van der Waals surface area contributed by atoms with Crippen molar-refractivity contribution in [2.45, 2.75) is 31.8 Å². The number of thioether (sulfide) groups is 1. The number of methoxy groups -OCH3 is 1. The summed E-state index contributed by atoms with van der Waals surface area (Å²) in [6.07, 6.45) is 1.22. The van der Waals surface area contributed by atoms with E-state index in [1.54, 1.807) is 6.07 Å². The van der Waals surface area contributed by atoms with E-state index in [9.17, 15) is 9.59 Å². The number of hydrogen-bond donors (Lipinski definition) is 0. The molecule has 1 fully saturated rings. The number of hydrogen-bond acceptors (Lipinski definition) is 7. The molecule has 0 saturated carbocycles. The number of carbonyl (C=O) groups is 2. The van der Waals surface area contributed by atoms with Gasteiger partial charge in [-0.25, -0.2) is 9.79 Å². The van der Waals surface area contributed by atoms with E-state index < -0.39 is 12.0 Å². The van der Waals surface area contributed by atoms with Crippen molar-refractivity contribution in [3.05, 3.63) is 57.2 Å². The van der Waals surface area contributed by atoms with E-state index in [1.165, 1.54) is 18.9 Å². The number of nitrogens with zero attached hydrogens (tertiary/aromatic N) is 4. The summed E-state index contributed by atoms with van der Waals surface area (Å²) in [6.45, 7) is 3.30. The molecule has 7 nitrogen and oxygen atoms in total. The van der Waals surface area contributed by atoms with Crippen molar-refractivity contribution in [1.82, 2.24) is 14.7 Å². The molecule has 0 N–H and O–H groups in total. The second kappa shape index (κ2) is 9.29. The van der Waals surface area contributed by atoms with Gasteiger partial charge in [-0.3, -0.25) is 4.79 Å². The third-order valence-corrected chi connectivity index (χ3v) is 7.27. The van der Waals surface area contributed by atoms with E-state index in [1.807, 2.05) is 54.4 Å². The zero-order valence-electron chi connectivity index (χ0n) is 18.7. The van der Waals surface area contributed by atoms with Crippen LogP contribution in [-0.2, 0) is 14.3 Å². The van der Waals surface area contributed by atoms with E-state index in [0.717, 1.165) is 35.9 Å². The average molecular weight is 475 g/mol. The van der Waals surface area contributed by atoms with Crippen LogP contribution in [0.15, 0.2) is 51.6 Å². The highest BCUT2D eigenvalue weighted by Gasteiger charge is 2.41. The summed E-state index contributed by atoms with van der Waals surface area (Å²) in [4.78, 5) is 36.6. The Kier molecular flexibility index (Phi) is 6.65. The highest BCUT2D eigenvalue weighted by atomic mass is 35.5. The fourth-order valence-electron chi connectivity index (χ4n) is 4.39. The van der Waals surface area contributed by atoms with Crippen LogP contribution in [-0.4, -0.2) is 72.1 Å². The van der Waals surface area contributed by atoms with Crippen LogP contribution in [0.3, 0.4) is 0 Å². The van der Waals surface area contributed by atoms with Crippen molar-refractivity contribution < 1.29 is 14.3 Å². The maximum absolute atomic E-state index is 13.1. The number of aliphatic imine (C=N–C) groups is 1. The molecule has 1 aromatic carbocycles. The summed E-state index contributed by atoms with van der Waals surface area (Å²) in [5, 5.41) is 3.28. The lowest BCUT2D eigenvalue weighted by Crippen LogP contribution is -2.39. The largest absolute Gasteiger partial charge is 0.466 e. The smallest absolute Gasteiger partial charge is 0.338 e. The Balaban J connectivity index is 1.64. The number of fused-ring (bicyclic) bond motifs is 1. The molecular weight excluding hydrogens is 448 g/mol. The third kappa shape index (κ3) is 4.31. The standard InChI is InChI=1S/C23H27ClN4O3S/c1-14-20(22(30)31-4)21(15-6-5-7-16(24)10-15)28-18(13-32-23(28)25-14)11-19(29)27-9-8-17(12-27)26(2)3/h5-7,10,13,17,21H,8-9,11-12H2,1-4H3/t17-,21-/m1/s1. The van der Waals surface area contributed by atoms with Crippen molar-refractivity contribution in [1.29, 1.82) is 0 Å². The SMILES string of the molecule is COC(=O)C1=C(C)N=C2SC=C(CC(=O)N3CC[C@@H](N(C)C)C3)N2[C@@H]1c1cccc(Cl)c1. The molecule has 0 spiro atoms. The first-order chi connectivity index (χ1) is 15.3. The van der Waals surface area contributed by atoms with Gasteiger partial charge < -0.3 is 19.4 Å². The first kappa shape index (κ1) is 22.9. The zero-order chi connectivity index (χ0) is 23.0. The Bertz CT molecular complexity index is 1040. The highest BCUT2D eigenvalue weighted by molar-refractivity contribution is 8.16. The molecule has 1 aromatic rings.